The second kappa shape index (κ2) is 8.56. The molecule has 0 spiro atoms. The molecule has 1 aliphatic carbocycles. The van der Waals surface area contributed by atoms with Crippen LogP contribution in [0.25, 0.3) is 0 Å². The van der Waals surface area contributed by atoms with Crippen molar-refractivity contribution in [2.45, 2.75) is 39.2 Å². The van der Waals surface area contributed by atoms with Crippen molar-refractivity contribution in [3.8, 4) is 0 Å². The molecule has 25 heavy (non-hydrogen) atoms. The van der Waals surface area contributed by atoms with Gasteiger partial charge in [-0.1, -0.05) is 25.5 Å². The lowest BCUT2D eigenvalue weighted by Crippen LogP contribution is -2.46. The highest BCUT2D eigenvalue weighted by atomic mass is 16.5. The molecule has 0 amide bonds. The molecule has 0 radical (unpaired) electrons. The van der Waals surface area contributed by atoms with Gasteiger partial charge in [-0.15, -0.1) is 0 Å². The maximum atomic E-state index is 5.42. The summed E-state index contributed by atoms with van der Waals surface area (Å²) < 4.78 is 5.42. The number of anilines is 1. The van der Waals surface area contributed by atoms with Gasteiger partial charge < -0.3 is 20.3 Å². The van der Waals surface area contributed by atoms with Gasteiger partial charge in [0.05, 0.1) is 13.2 Å². The van der Waals surface area contributed by atoms with Gasteiger partial charge in [0.1, 0.15) is 0 Å². The number of benzene rings is 1. The van der Waals surface area contributed by atoms with Gasteiger partial charge in [0.15, 0.2) is 5.96 Å². The number of hydrogen-bond donors (Lipinski definition) is 2. The Balaban J connectivity index is 1.46. The van der Waals surface area contributed by atoms with Gasteiger partial charge in [-0.05, 0) is 42.4 Å². The lowest BCUT2D eigenvalue weighted by molar-refractivity contribution is 0.122. The van der Waals surface area contributed by atoms with Crippen LogP contribution in [-0.4, -0.2) is 45.9 Å². The fourth-order valence-electron chi connectivity index (χ4n) is 3.66. The molecular formula is C20H32N4O. The first-order chi connectivity index (χ1) is 12.2. The summed E-state index contributed by atoms with van der Waals surface area (Å²) >= 11 is 0. The van der Waals surface area contributed by atoms with E-state index < -0.39 is 0 Å². The number of ether oxygens (including phenoxy) is 1. The van der Waals surface area contributed by atoms with Crippen molar-refractivity contribution in [3.63, 3.8) is 0 Å². The van der Waals surface area contributed by atoms with Gasteiger partial charge in [0.2, 0.25) is 0 Å². The van der Waals surface area contributed by atoms with E-state index in [0.29, 0.717) is 5.41 Å². The van der Waals surface area contributed by atoms with Gasteiger partial charge in [-0.25, -0.2) is 0 Å². The van der Waals surface area contributed by atoms with Crippen LogP contribution in [0.5, 0.6) is 0 Å². The lowest BCUT2D eigenvalue weighted by Gasteiger charge is -2.41. The molecule has 1 aromatic rings. The van der Waals surface area contributed by atoms with Crippen molar-refractivity contribution in [2.24, 2.45) is 10.4 Å². The van der Waals surface area contributed by atoms with E-state index in [4.69, 9.17) is 4.74 Å². The van der Waals surface area contributed by atoms with E-state index in [1.165, 1.54) is 36.9 Å². The molecule has 3 rings (SSSR count). The van der Waals surface area contributed by atoms with Gasteiger partial charge in [-0.2, -0.15) is 0 Å². The molecule has 5 heteroatoms. The molecule has 1 saturated heterocycles. The molecule has 1 heterocycles. The summed E-state index contributed by atoms with van der Waals surface area (Å²) in [4.78, 5) is 6.74. The minimum absolute atomic E-state index is 0.497. The first-order valence-electron chi connectivity index (χ1n) is 9.61. The predicted molar refractivity (Wildman–Crippen MR) is 104 cm³/mol. The fraction of sp³-hybridized carbons (Fsp3) is 0.650. The molecule has 1 saturated carbocycles. The highest BCUT2D eigenvalue weighted by Gasteiger charge is 2.34. The third-order valence-corrected chi connectivity index (χ3v) is 5.79. The van der Waals surface area contributed by atoms with Crippen LogP contribution >= 0.6 is 0 Å². The number of nitrogens with zero attached hydrogens (tertiary/aromatic N) is 2. The molecule has 1 aliphatic heterocycles. The van der Waals surface area contributed by atoms with E-state index in [9.17, 15) is 0 Å². The average Bonchev–Trinajstić information content (AvgIpc) is 2.65. The van der Waals surface area contributed by atoms with Crippen molar-refractivity contribution in [1.29, 1.82) is 0 Å². The van der Waals surface area contributed by atoms with E-state index in [1.54, 1.807) is 0 Å². The average molecular weight is 345 g/mol. The van der Waals surface area contributed by atoms with E-state index >= 15 is 0 Å². The third-order valence-electron chi connectivity index (χ3n) is 5.79. The SMILES string of the molecule is CCC1(CNC(=NC)NCc2ccc(N3CCOCC3)cc2)CCC1. The first kappa shape index (κ1) is 18.1. The summed E-state index contributed by atoms with van der Waals surface area (Å²) in [5, 5.41) is 6.95. The molecule has 0 aromatic heterocycles. The first-order valence-corrected chi connectivity index (χ1v) is 9.61. The number of aliphatic imine (C=N–C) groups is 1. The topological polar surface area (TPSA) is 48.9 Å². The Labute approximate surface area is 151 Å². The molecule has 0 unspecified atom stereocenters. The fourth-order valence-corrected chi connectivity index (χ4v) is 3.66. The Morgan fingerprint density at radius 2 is 1.88 bits per heavy atom. The Morgan fingerprint density at radius 1 is 1.16 bits per heavy atom. The van der Waals surface area contributed by atoms with Crippen LogP contribution in [0.3, 0.4) is 0 Å². The summed E-state index contributed by atoms with van der Waals surface area (Å²) in [6.45, 7) is 7.73. The van der Waals surface area contributed by atoms with Crippen molar-refractivity contribution in [1.82, 2.24) is 10.6 Å². The van der Waals surface area contributed by atoms with Crippen LogP contribution in [0, 0.1) is 5.41 Å². The molecular weight excluding hydrogens is 312 g/mol. The van der Waals surface area contributed by atoms with Crippen LogP contribution in [0.4, 0.5) is 5.69 Å². The summed E-state index contributed by atoms with van der Waals surface area (Å²) in [5.41, 5.74) is 3.05. The summed E-state index contributed by atoms with van der Waals surface area (Å²) in [6.07, 6.45) is 5.31. The number of guanidine groups is 1. The second-order valence-electron chi connectivity index (χ2n) is 7.25. The molecule has 5 nitrogen and oxygen atoms in total. The molecule has 0 bridgehead atoms. The number of hydrogen-bond acceptors (Lipinski definition) is 3. The molecule has 2 fully saturated rings. The number of morpholine rings is 1. The third kappa shape index (κ3) is 4.66. The molecule has 138 valence electrons. The van der Waals surface area contributed by atoms with Crippen molar-refractivity contribution < 1.29 is 4.74 Å². The highest BCUT2D eigenvalue weighted by Crippen LogP contribution is 2.42. The summed E-state index contributed by atoms with van der Waals surface area (Å²) in [6, 6.07) is 8.81. The highest BCUT2D eigenvalue weighted by molar-refractivity contribution is 5.79. The van der Waals surface area contributed by atoms with Crippen LogP contribution in [-0.2, 0) is 11.3 Å². The zero-order chi connectivity index (χ0) is 17.5. The quantitative estimate of drug-likeness (QED) is 0.615. The van der Waals surface area contributed by atoms with Crippen molar-refractivity contribution in [2.75, 3.05) is 44.8 Å². The smallest absolute Gasteiger partial charge is 0.191 e. The molecule has 2 N–H and O–H groups in total. The van der Waals surface area contributed by atoms with E-state index in [1.807, 2.05) is 7.05 Å². The molecule has 0 atom stereocenters. The molecule has 1 aromatic carbocycles. The maximum Gasteiger partial charge on any atom is 0.191 e. The Bertz CT molecular complexity index is 554. The second-order valence-corrected chi connectivity index (χ2v) is 7.25. The monoisotopic (exact) mass is 344 g/mol. The van der Waals surface area contributed by atoms with E-state index in [2.05, 4.69) is 51.7 Å². The Hall–Kier alpha value is -1.75. The number of nitrogens with one attached hydrogen (secondary N) is 2. The number of rotatable bonds is 6. The minimum Gasteiger partial charge on any atom is -0.378 e. The van der Waals surface area contributed by atoms with Crippen LogP contribution < -0.4 is 15.5 Å². The Kier molecular flexibility index (Phi) is 6.19. The van der Waals surface area contributed by atoms with Crippen LogP contribution in [0.2, 0.25) is 0 Å². The predicted octanol–water partition coefficient (Wildman–Crippen LogP) is 2.77. The van der Waals surface area contributed by atoms with Gasteiger partial charge in [-0.3, -0.25) is 4.99 Å². The van der Waals surface area contributed by atoms with Crippen molar-refractivity contribution in [3.05, 3.63) is 29.8 Å². The van der Waals surface area contributed by atoms with Gasteiger partial charge >= 0.3 is 0 Å². The largest absolute Gasteiger partial charge is 0.378 e. The minimum atomic E-state index is 0.497. The van der Waals surface area contributed by atoms with Gasteiger partial charge in [0.25, 0.3) is 0 Å². The Morgan fingerprint density at radius 3 is 2.44 bits per heavy atom. The zero-order valence-electron chi connectivity index (χ0n) is 15.7. The van der Waals surface area contributed by atoms with E-state index in [0.717, 1.165) is 45.4 Å². The van der Waals surface area contributed by atoms with Crippen LogP contribution in [0.1, 0.15) is 38.2 Å². The summed E-state index contributed by atoms with van der Waals surface area (Å²) in [5.74, 6) is 0.900. The van der Waals surface area contributed by atoms with E-state index in [-0.39, 0.29) is 0 Å². The normalized spacial score (nSPS) is 20.1. The zero-order valence-corrected chi connectivity index (χ0v) is 15.7. The standard InChI is InChI=1S/C20H32N4O/c1-3-20(9-4-10-20)16-23-19(21-2)22-15-17-5-7-18(8-6-17)24-11-13-25-14-12-24/h5-8H,3-4,9-16H2,1-2H3,(H2,21,22,23). The van der Waals surface area contributed by atoms with Crippen molar-refractivity contribution >= 4 is 11.6 Å². The lowest BCUT2D eigenvalue weighted by atomic mass is 9.67. The summed E-state index contributed by atoms with van der Waals surface area (Å²) in [7, 11) is 1.84. The van der Waals surface area contributed by atoms with Crippen LogP contribution in [0.15, 0.2) is 29.3 Å². The van der Waals surface area contributed by atoms with Gasteiger partial charge in [0, 0.05) is 38.9 Å². The molecule has 2 aliphatic rings. The maximum absolute atomic E-state index is 5.42.